The molecule has 0 bridgehead atoms. The molecule has 1 fully saturated rings. The Hall–Kier alpha value is -1.99. The van der Waals surface area contributed by atoms with Crippen LogP contribution in [0.2, 0.25) is 0 Å². The molecule has 1 N–H and O–H groups in total. The molecule has 1 unspecified atom stereocenters. The SMILES string of the molecule is COc1ccc(-c2nc(C3CNCCO3)no2)cc1F. The van der Waals surface area contributed by atoms with Gasteiger partial charge < -0.3 is 19.3 Å². The van der Waals surface area contributed by atoms with Crippen LogP contribution in [0.5, 0.6) is 5.75 Å². The molecule has 0 saturated carbocycles. The Kier molecular flexibility index (Phi) is 3.62. The molecule has 7 heteroatoms. The number of nitrogens with zero attached hydrogens (tertiary/aromatic N) is 2. The van der Waals surface area contributed by atoms with E-state index in [0.29, 0.717) is 24.5 Å². The molecule has 2 heterocycles. The first-order valence-electron chi connectivity index (χ1n) is 6.28. The zero-order valence-electron chi connectivity index (χ0n) is 10.9. The molecule has 3 rings (SSSR count). The highest BCUT2D eigenvalue weighted by atomic mass is 19.1. The lowest BCUT2D eigenvalue weighted by Gasteiger charge is -2.20. The molecule has 6 nitrogen and oxygen atoms in total. The summed E-state index contributed by atoms with van der Waals surface area (Å²) in [5, 5.41) is 7.07. The number of nitrogens with one attached hydrogen (secondary N) is 1. The number of aromatic nitrogens is 2. The van der Waals surface area contributed by atoms with Gasteiger partial charge >= 0.3 is 0 Å². The molecular formula is C13H14FN3O3. The third kappa shape index (κ3) is 2.50. The lowest BCUT2D eigenvalue weighted by molar-refractivity contribution is 0.0208. The van der Waals surface area contributed by atoms with Crippen molar-refractivity contribution >= 4 is 0 Å². The van der Waals surface area contributed by atoms with Gasteiger partial charge in [-0.05, 0) is 18.2 Å². The van der Waals surface area contributed by atoms with Gasteiger partial charge in [0.05, 0.1) is 13.7 Å². The van der Waals surface area contributed by atoms with Crippen LogP contribution in [0.25, 0.3) is 11.5 Å². The molecule has 1 aliphatic rings. The summed E-state index contributed by atoms with van der Waals surface area (Å²) in [7, 11) is 1.41. The minimum absolute atomic E-state index is 0.174. The van der Waals surface area contributed by atoms with Crippen LogP contribution in [0.15, 0.2) is 22.7 Å². The van der Waals surface area contributed by atoms with Crippen molar-refractivity contribution in [2.75, 3.05) is 26.8 Å². The number of hydrogen-bond acceptors (Lipinski definition) is 6. The van der Waals surface area contributed by atoms with Gasteiger partial charge in [0.15, 0.2) is 11.6 Å². The quantitative estimate of drug-likeness (QED) is 0.919. The van der Waals surface area contributed by atoms with E-state index in [9.17, 15) is 4.39 Å². The highest BCUT2D eigenvalue weighted by molar-refractivity contribution is 5.54. The van der Waals surface area contributed by atoms with Gasteiger partial charge in [-0.2, -0.15) is 4.98 Å². The highest BCUT2D eigenvalue weighted by Gasteiger charge is 2.22. The maximum absolute atomic E-state index is 13.6. The Morgan fingerprint density at radius 3 is 3.05 bits per heavy atom. The summed E-state index contributed by atoms with van der Waals surface area (Å²) < 4.78 is 29.2. The third-order valence-corrected chi connectivity index (χ3v) is 3.06. The van der Waals surface area contributed by atoms with E-state index in [1.54, 1.807) is 6.07 Å². The molecule has 1 saturated heterocycles. The van der Waals surface area contributed by atoms with Crippen molar-refractivity contribution in [2.45, 2.75) is 6.10 Å². The second kappa shape index (κ2) is 5.56. The lowest BCUT2D eigenvalue weighted by atomic mass is 10.2. The first kappa shape index (κ1) is 13.0. The van der Waals surface area contributed by atoms with E-state index in [0.717, 1.165) is 6.54 Å². The van der Waals surface area contributed by atoms with Gasteiger partial charge in [0, 0.05) is 18.7 Å². The van der Waals surface area contributed by atoms with Gasteiger partial charge in [0.1, 0.15) is 6.10 Å². The standard InChI is InChI=1S/C13H14FN3O3/c1-18-10-3-2-8(6-9(10)14)13-16-12(17-20-13)11-7-15-4-5-19-11/h2-3,6,11,15H,4-5,7H2,1H3. The summed E-state index contributed by atoms with van der Waals surface area (Å²) in [5.41, 5.74) is 0.505. The number of halogens is 1. The Bertz CT molecular complexity index is 596. The second-order valence-electron chi connectivity index (χ2n) is 4.37. The van der Waals surface area contributed by atoms with Crippen LogP contribution in [0.3, 0.4) is 0 Å². The minimum atomic E-state index is -0.472. The number of ether oxygens (including phenoxy) is 2. The van der Waals surface area contributed by atoms with Crippen LogP contribution < -0.4 is 10.1 Å². The fraction of sp³-hybridized carbons (Fsp3) is 0.385. The Morgan fingerprint density at radius 2 is 2.35 bits per heavy atom. The summed E-state index contributed by atoms with van der Waals surface area (Å²) in [6, 6.07) is 4.49. The number of morpholine rings is 1. The van der Waals surface area contributed by atoms with Crippen LogP contribution in [-0.2, 0) is 4.74 Å². The normalized spacial score (nSPS) is 19.0. The van der Waals surface area contributed by atoms with Gasteiger partial charge in [0.25, 0.3) is 5.89 Å². The van der Waals surface area contributed by atoms with E-state index in [1.807, 2.05) is 0 Å². The monoisotopic (exact) mass is 279 g/mol. The summed E-state index contributed by atoms with van der Waals surface area (Å²) in [6.07, 6.45) is -0.232. The summed E-state index contributed by atoms with van der Waals surface area (Å²) >= 11 is 0. The molecular weight excluding hydrogens is 265 g/mol. The third-order valence-electron chi connectivity index (χ3n) is 3.06. The predicted molar refractivity (Wildman–Crippen MR) is 67.8 cm³/mol. The molecule has 1 aromatic heterocycles. The lowest BCUT2D eigenvalue weighted by Crippen LogP contribution is -2.33. The first-order valence-corrected chi connectivity index (χ1v) is 6.28. The predicted octanol–water partition coefficient (Wildman–Crippen LogP) is 1.55. The van der Waals surface area contributed by atoms with Gasteiger partial charge in [-0.1, -0.05) is 5.16 Å². The minimum Gasteiger partial charge on any atom is -0.494 e. The van der Waals surface area contributed by atoms with E-state index in [4.69, 9.17) is 14.0 Å². The molecule has 20 heavy (non-hydrogen) atoms. The van der Waals surface area contributed by atoms with E-state index in [1.165, 1.54) is 19.2 Å². The summed E-state index contributed by atoms with van der Waals surface area (Å²) in [4.78, 5) is 4.25. The van der Waals surface area contributed by atoms with Gasteiger partial charge in [0.2, 0.25) is 5.82 Å². The molecule has 106 valence electrons. The number of benzene rings is 1. The van der Waals surface area contributed by atoms with Crippen molar-refractivity contribution < 1.29 is 18.4 Å². The highest BCUT2D eigenvalue weighted by Crippen LogP contribution is 2.25. The van der Waals surface area contributed by atoms with Gasteiger partial charge in [-0.15, -0.1) is 0 Å². The zero-order chi connectivity index (χ0) is 13.9. The van der Waals surface area contributed by atoms with Crippen LogP contribution in [0.4, 0.5) is 4.39 Å². The molecule has 1 aromatic carbocycles. The van der Waals surface area contributed by atoms with Crippen molar-refractivity contribution in [1.82, 2.24) is 15.5 Å². The fourth-order valence-electron chi connectivity index (χ4n) is 2.01. The Labute approximate surface area is 114 Å². The summed E-state index contributed by atoms with van der Waals surface area (Å²) in [5.74, 6) is 0.424. The molecule has 1 atom stereocenters. The van der Waals surface area contributed by atoms with Crippen LogP contribution in [0, 0.1) is 5.82 Å². The van der Waals surface area contributed by atoms with Crippen molar-refractivity contribution in [2.24, 2.45) is 0 Å². The molecule has 0 aliphatic carbocycles. The second-order valence-corrected chi connectivity index (χ2v) is 4.37. The van der Waals surface area contributed by atoms with Crippen LogP contribution in [-0.4, -0.2) is 36.9 Å². The maximum Gasteiger partial charge on any atom is 0.258 e. The average Bonchev–Trinajstić information content (AvgIpc) is 2.98. The summed E-state index contributed by atoms with van der Waals surface area (Å²) in [6.45, 7) is 2.05. The zero-order valence-corrected chi connectivity index (χ0v) is 10.9. The van der Waals surface area contributed by atoms with Crippen molar-refractivity contribution in [1.29, 1.82) is 0 Å². The largest absolute Gasteiger partial charge is 0.494 e. The van der Waals surface area contributed by atoms with E-state index in [2.05, 4.69) is 15.5 Å². The van der Waals surface area contributed by atoms with Crippen molar-refractivity contribution in [3.63, 3.8) is 0 Å². The first-order chi connectivity index (χ1) is 9.78. The van der Waals surface area contributed by atoms with E-state index < -0.39 is 5.82 Å². The Morgan fingerprint density at radius 1 is 1.45 bits per heavy atom. The number of methoxy groups -OCH3 is 1. The molecule has 0 radical (unpaired) electrons. The average molecular weight is 279 g/mol. The maximum atomic E-state index is 13.6. The Balaban J connectivity index is 1.84. The number of hydrogen-bond donors (Lipinski definition) is 1. The molecule has 1 aliphatic heterocycles. The number of rotatable bonds is 3. The fourth-order valence-corrected chi connectivity index (χ4v) is 2.01. The smallest absolute Gasteiger partial charge is 0.258 e. The van der Waals surface area contributed by atoms with Crippen LogP contribution >= 0.6 is 0 Å². The van der Waals surface area contributed by atoms with Crippen molar-refractivity contribution in [3.05, 3.63) is 29.8 Å². The van der Waals surface area contributed by atoms with Gasteiger partial charge in [-0.3, -0.25) is 0 Å². The van der Waals surface area contributed by atoms with E-state index in [-0.39, 0.29) is 17.7 Å². The molecule has 0 amide bonds. The van der Waals surface area contributed by atoms with E-state index >= 15 is 0 Å². The molecule has 0 spiro atoms. The molecule has 2 aromatic rings. The van der Waals surface area contributed by atoms with Gasteiger partial charge in [-0.25, -0.2) is 4.39 Å². The topological polar surface area (TPSA) is 69.4 Å². The van der Waals surface area contributed by atoms with Crippen LogP contribution in [0.1, 0.15) is 11.9 Å². The van der Waals surface area contributed by atoms with Crippen molar-refractivity contribution in [3.8, 4) is 17.2 Å².